The molecular formula is C11H14ClF3N2O. The quantitative estimate of drug-likeness (QED) is 0.479. The van der Waals surface area contributed by atoms with Gasteiger partial charge in [0.2, 0.25) is 0 Å². The Balaban J connectivity index is 2.79. The smallest absolute Gasteiger partial charge is 0.406 e. The highest BCUT2D eigenvalue weighted by molar-refractivity contribution is 6.17. The Bertz CT molecular complexity index is 374. The van der Waals surface area contributed by atoms with Gasteiger partial charge in [0.05, 0.1) is 0 Å². The number of rotatable bonds is 6. The molecule has 7 heteroatoms. The van der Waals surface area contributed by atoms with E-state index in [9.17, 15) is 13.2 Å². The van der Waals surface area contributed by atoms with Crippen molar-refractivity contribution >= 4 is 11.6 Å². The summed E-state index contributed by atoms with van der Waals surface area (Å²) in [5.41, 5.74) is 3.18. The first kappa shape index (κ1) is 15.1. The molecule has 0 saturated heterocycles. The average Bonchev–Trinajstić information content (AvgIpc) is 2.28. The van der Waals surface area contributed by atoms with E-state index in [1.165, 1.54) is 18.2 Å². The minimum absolute atomic E-state index is 0.250. The Labute approximate surface area is 108 Å². The van der Waals surface area contributed by atoms with Gasteiger partial charge in [-0.2, -0.15) is 0 Å². The zero-order valence-corrected chi connectivity index (χ0v) is 10.3. The molecule has 18 heavy (non-hydrogen) atoms. The minimum atomic E-state index is -4.69. The highest BCUT2D eigenvalue weighted by Crippen LogP contribution is 2.26. The Morgan fingerprint density at radius 2 is 2.11 bits per heavy atom. The van der Waals surface area contributed by atoms with Crippen LogP contribution >= 0.6 is 11.6 Å². The molecule has 1 aromatic rings. The third kappa shape index (κ3) is 5.12. The van der Waals surface area contributed by atoms with Gasteiger partial charge in [0.15, 0.2) is 0 Å². The molecule has 3 nitrogen and oxygen atoms in total. The molecule has 0 aliphatic heterocycles. The van der Waals surface area contributed by atoms with Gasteiger partial charge in [-0.25, -0.2) is 0 Å². The fourth-order valence-electron chi connectivity index (χ4n) is 1.56. The van der Waals surface area contributed by atoms with E-state index in [2.05, 4.69) is 10.2 Å². The number of benzene rings is 1. The second kappa shape index (κ2) is 6.82. The maximum absolute atomic E-state index is 12.1. The van der Waals surface area contributed by atoms with E-state index in [-0.39, 0.29) is 11.8 Å². The summed E-state index contributed by atoms with van der Waals surface area (Å²) in [6, 6.07) is 5.47. The van der Waals surface area contributed by atoms with Crippen molar-refractivity contribution in [1.29, 1.82) is 0 Å². The predicted octanol–water partition coefficient (Wildman–Crippen LogP) is 3.11. The lowest BCUT2D eigenvalue weighted by Crippen LogP contribution is -2.28. The van der Waals surface area contributed by atoms with Crippen LogP contribution in [0, 0.1) is 0 Å². The molecule has 0 aliphatic rings. The third-order valence-corrected chi connectivity index (χ3v) is 2.59. The number of hydrazine groups is 1. The first-order valence-corrected chi connectivity index (χ1v) is 5.87. The molecule has 0 bridgehead atoms. The molecular weight excluding hydrogens is 269 g/mol. The standard InChI is InChI=1S/C11H14ClF3N2O/c12-6-2-5-10(17-16)8-3-1-4-9(7-8)18-11(13,14)15/h1,3-4,7,10,17H,2,5-6,16H2. The molecule has 0 aliphatic carbocycles. The van der Waals surface area contributed by atoms with E-state index >= 15 is 0 Å². The highest BCUT2D eigenvalue weighted by Gasteiger charge is 2.31. The zero-order chi connectivity index (χ0) is 13.6. The van der Waals surface area contributed by atoms with Crippen LogP contribution in [-0.4, -0.2) is 12.2 Å². The van der Waals surface area contributed by atoms with Crippen LogP contribution in [0.2, 0.25) is 0 Å². The Morgan fingerprint density at radius 1 is 1.39 bits per heavy atom. The van der Waals surface area contributed by atoms with E-state index in [4.69, 9.17) is 17.4 Å². The normalized spacial score (nSPS) is 13.4. The highest BCUT2D eigenvalue weighted by atomic mass is 35.5. The van der Waals surface area contributed by atoms with Crippen molar-refractivity contribution in [2.45, 2.75) is 25.2 Å². The molecule has 0 fully saturated rings. The molecule has 0 heterocycles. The Hall–Kier alpha value is -0.980. The topological polar surface area (TPSA) is 47.3 Å². The van der Waals surface area contributed by atoms with Gasteiger partial charge in [-0.3, -0.25) is 11.3 Å². The van der Waals surface area contributed by atoms with Gasteiger partial charge in [-0.15, -0.1) is 24.8 Å². The van der Waals surface area contributed by atoms with Gasteiger partial charge in [-0.05, 0) is 30.5 Å². The van der Waals surface area contributed by atoms with Crippen LogP contribution in [0.4, 0.5) is 13.2 Å². The second-order valence-electron chi connectivity index (χ2n) is 3.67. The van der Waals surface area contributed by atoms with Crippen molar-refractivity contribution in [2.24, 2.45) is 5.84 Å². The lowest BCUT2D eigenvalue weighted by Gasteiger charge is -2.17. The number of halogens is 4. The number of hydrogen-bond donors (Lipinski definition) is 2. The SMILES string of the molecule is NNC(CCCCl)c1cccc(OC(F)(F)F)c1. The van der Waals surface area contributed by atoms with Crippen LogP contribution < -0.4 is 16.0 Å². The molecule has 0 saturated carbocycles. The van der Waals surface area contributed by atoms with Crippen LogP contribution in [0.25, 0.3) is 0 Å². The third-order valence-electron chi connectivity index (χ3n) is 2.32. The van der Waals surface area contributed by atoms with Gasteiger partial charge in [0, 0.05) is 11.9 Å². The van der Waals surface area contributed by atoms with Crippen LogP contribution in [0.5, 0.6) is 5.75 Å². The van der Waals surface area contributed by atoms with Gasteiger partial charge < -0.3 is 4.74 Å². The van der Waals surface area contributed by atoms with Crippen molar-refractivity contribution < 1.29 is 17.9 Å². The van der Waals surface area contributed by atoms with E-state index < -0.39 is 6.36 Å². The van der Waals surface area contributed by atoms with Crippen LogP contribution in [-0.2, 0) is 0 Å². The number of alkyl halides is 4. The molecule has 102 valence electrons. The van der Waals surface area contributed by atoms with Gasteiger partial charge >= 0.3 is 6.36 Å². The number of nitrogens with one attached hydrogen (secondary N) is 1. The van der Waals surface area contributed by atoms with Crippen molar-refractivity contribution in [3.63, 3.8) is 0 Å². The molecule has 0 amide bonds. The fourth-order valence-corrected chi connectivity index (χ4v) is 1.71. The molecule has 0 spiro atoms. The summed E-state index contributed by atoms with van der Waals surface area (Å²) in [5.74, 6) is 5.58. The van der Waals surface area contributed by atoms with Gasteiger partial charge in [0.25, 0.3) is 0 Å². The summed E-state index contributed by atoms with van der Waals surface area (Å²) in [4.78, 5) is 0. The Kier molecular flexibility index (Phi) is 5.71. The second-order valence-corrected chi connectivity index (χ2v) is 4.05. The van der Waals surface area contributed by atoms with E-state index in [1.807, 2.05) is 0 Å². The molecule has 0 aromatic heterocycles. The van der Waals surface area contributed by atoms with Gasteiger partial charge in [0.1, 0.15) is 5.75 Å². The average molecular weight is 283 g/mol. The molecule has 1 atom stereocenters. The van der Waals surface area contributed by atoms with Crippen molar-refractivity contribution in [3.05, 3.63) is 29.8 Å². The zero-order valence-electron chi connectivity index (χ0n) is 9.51. The summed E-state index contributed by atoms with van der Waals surface area (Å²) >= 11 is 5.57. The summed E-state index contributed by atoms with van der Waals surface area (Å²) < 4.78 is 40.1. The maximum Gasteiger partial charge on any atom is 0.573 e. The van der Waals surface area contributed by atoms with Crippen LogP contribution in [0.3, 0.4) is 0 Å². The molecule has 1 rings (SSSR count). The molecule has 0 radical (unpaired) electrons. The largest absolute Gasteiger partial charge is 0.573 e. The van der Waals surface area contributed by atoms with Crippen molar-refractivity contribution in [1.82, 2.24) is 5.43 Å². The summed E-state index contributed by atoms with van der Waals surface area (Å²) in [7, 11) is 0. The van der Waals surface area contributed by atoms with Gasteiger partial charge in [-0.1, -0.05) is 12.1 Å². The minimum Gasteiger partial charge on any atom is -0.406 e. The van der Waals surface area contributed by atoms with Crippen molar-refractivity contribution in [2.75, 3.05) is 5.88 Å². The maximum atomic E-state index is 12.1. The van der Waals surface area contributed by atoms with Crippen LogP contribution in [0.1, 0.15) is 24.4 Å². The van der Waals surface area contributed by atoms with E-state index in [0.29, 0.717) is 24.3 Å². The predicted molar refractivity (Wildman–Crippen MR) is 63.1 cm³/mol. The van der Waals surface area contributed by atoms with E-state index in [1.54, 1.807) is 6.07 Å². The lowest BCUT2D eigenvalue weighted by molar-refractivity contribution is -0.274. The first-order chi connectivity index (χ1) is 8.46. The number of hydrogen-bond acceptors (Lipinski definition) is 3. The molecule has 1 unspecified atom stereocenters. The summed E-state index contributed by atoms with van der Waals surface area (Å²) in [5, 5.41) is 0. The van der Waals surface area contributed by atoms with E-state index in [0.717, 1.165) is 0 Å². The summed E-state index contributed by atoms with van der Waals surface area (Å²) in [6.07, 6.45) is -3.35. The number of nitrogens with two attached hydrogens (primary N) is 1. The number of ether oxygens (including phenoxy) is 1. The van der Waals surface area contributed by atoms with Crippen molar-refractivity contribution in [3.8, 4) is 5.75 Å². The molecule has 1 aromatic carbocycles. The summed E-state index contributed by atoms with van der Waals surface area (Å²) in [6.45, 7) is 0. The fraction of sp³-hybridized carbons (Fsp3) is 0.455. The Morgan fingerprint density at radius 3 is 2.67 bits per heavy atom. The molecule has 3 N–H and O–H groups in total. The van der Waals surface area contributed by atoms with Crippen LogP contribution in [0.15, 0.2) is 24.3 Å². The first-order valence-electron chi connectivity index (χ1n) is 5.34. The lowest BCUT2D eigenvalue weighted by atomic mass is 10.0. The monoisotopic (exact) mass is 282 g/mol.